The fourth-order valence-electron chi connectivity index (χ4n) is 3.16. The lowest BCUT2D eigenvalue weighted by atomic mass is 10.0. The number of carboxylic acids is 1. The lowest BCUT2D eigenvalue weighted by Gasteiger charge is -2.26. The molecule has 0 saturated carbocycles. The summed E-state index contributed by atoms with van der Waals surface area (Å²) in [5.41, 5.74) is 2.51. The van der Waals surface area contributed by atoms with Gasteiger partial charge in [-0.3, -0.25) is 5.10 Å². The molecule has 1 fully saturated rings. The maximum atomic E-state index is 12.7. The second-order valence-electron chi connectivity index (χ2n) is 6.46. The molecule has 0 bridgehead atoms. The Morgan fingerprint density at radius 2 is 1.52 bits per heavy atom. The number of aromatic nitrogens is 3. The number of ether oxygens (including phenoxy) is 1. The molecule has 9 nitrogen and oxygen atoms in total. The first-order chi connectivity index (χ1) is 14.0. The number of hydrogen-bond acceptors (Lipinski definition) is 6. The standard InChI is InChI=1S/C19H18N4O5S/c24-19(25)18-17(20-22-21-18)15-3-1-13(2-4-15)14-5-7-16(8-6-14)29(26,27)23-9-11-28-12-10-23/h1-8H,9-12H2,(H,24,25)(H,20,21,22). The normalized spacial score (nSPS) is 15.3. The van der Waals surface area contributed by atoms with Crippen LogP contribution < -0.4 is 0 Å². The van der Waals surface area contributed by atoms with Crippen molar-refractivity contribution in [2.75, 3.05) is 26.3 Å². The minimum atomic E-state index is -3.53. The summed E-state index contributed by atoms with van der Waals surface area (Å²) in [5.74, 6) is -1.13. The first-order valence-electron chi connectivity index (χ1n) is 8.90. The first kappa shape index (κ1) is 19.2. The van der Waals surface area contributed by atoms with Gasteiger partial charge in [-0.25, -0.2) is 13.2 Å². The highest BCUT2D eigenvalue weighted by Crippen LogP contribution is 2.27. The van der Waals surface area contributed by atoms with Crippen molar-refractivity contribution in [1.82, 2.24) is 19.7 Å². The highest BCUT2D eigenvalue weighted by atomic mass is 32.2. The summed E-state index contributed by atoms with van der Waals surface area (Å²) in [7, 11) is -3.53. The number of nitrogens with zero attached hydrogens (tertiary/aromatic N) is 3. The molecular weight excluding hydrogens is 396 g/mol. The van der Waals surface area contributed by atoms with Gasteiger partial charge in [-0.1, -0.05) is 41.6 Å². The molecule has 2 heterocycles. The molecule has 0 spiro atoms. The Labute approximate surface area is 167 Å². The number of aromatic amines is 1. The van der Waals surface area contributed by atoms with Gasteiger partial charge < -0.3 is 9.84 Å². The van der Waals surface area contributed by atoms with E-state index in [4.69, 9.17) is 9.84 Å². The van der Waals surface area contributed by atoms with E-state index in [1.54, 1.807) is 36.4 Å². The monoisotopic (exact) mass is 414 g/mol. The number of nitrogens with one attached hydrogen (secondary N) is 1. The van der Waals surface area contributed by atoms with Gasteiger partial charge in [0.2, 0.25) is 10.0 Å². The zero-order valence-corrected chi connectivity index (χ0v) is 16.1. The zero-order chi connectivity index (χ0) is 20.4. The number of hydrogen-bond donors (Lipinski definition) is 2. The number of aromatic carboxylic acids is 1. The SMILES string of the molecule is O=C(O)c1[nH]nnc1-c1ccc(-c2ccc(S(=O)(=O)N3CCOCC3)cc2)cc1. The van der Waals surface area contributed by atoms with Crippen LogP contribution >= 0.6 is 0 Å². The minimum absolute atomic E-state index is 0.0737. The van der Waals surface area contributed by atoms with Crippen LogP contribution in [0.3, 0.4) is 0 Å². The summed E-state index contributed by atoms with van der Waals surface area (Å²) in [6, 6.07) is 13.8. The molecule has 0 radical (unpaired) electrons. The van der Waals surface area contributed by atoms with Crippen LogP contribution in [0.5, 0.6) is 0 Å². The molecular formula is C19H18N4O5S. The van der Waals surface area contributed by atoms with Crippen LogP contribution in [0.1, 0.15) is 10.5 Å². The van der Waals surface area contributed by atoms with E-state index < -0.39 is 16.0 Å². The van der Waals surface area contributed by atoms with Gasteiger partial charge in [0.05, 0.1) is 18.1 Å². The second-order valence-corrected chi connectivity index (χ2v) is 8.40. The number of sulfonamides is 1. The lowest BCUT2D eigenvalue weighted by Crippen LogP contribution is -2.40. The maximum absolute atomic E-state index is 12.7. The molecule has 29 heavy (non-hydrogen) atoms. The van der Waals surface area contributed by atoms with Gasteiger partial charge >= 0.3 is 5.97 Å². The Kier molecular flexibility index (Phi) is 5.14. The summed E-state index contributed by atoms with van der Waals surface area (Å²) in [5, 5.41) is 18.9. The van der Waals surface area contributed by atoms with Crippen LogP contribution in [0, 0.1) is 0 Å². The van der Waals surface area contributed by atoms with E-state index in [0.29, 0.717) is 31.9 Å². The molecule has 1 aliphatic heterocycles. The Morgan fingerprint density at radius 3 is 2.10 bits per heavy atom. The number of H-pyrrole nitrogens is 1. The molecule has 0 atom stereocenters. The Balaban J connectivity index is 1.56. The summed E-state index contributed by atoms with van der Waals surface area (Å²) in [6.07, 6.45) is 0. The molecule has 1 aliphatic rings. The van der Waals surface area contributed by atoms with Gasteiger partial charge in [-0.05, 0) is 23.3 Å². The van der Waals surface area contributed by atoms with E-state index in [9.17, 15) is 13.2 Å². The third-order valence-corrected chi connectivity index (χ3v) is 6.63. The van der Waals surface area contributed by atoms with Crippen LogP contribution in [0.15, 0.2) is 53.4 Å². The van der Waals surface area contributed by atoms with Gasteiger partial charge in [-0.15, -0.1) is 5.10 Å². The van der Waals surface area contributed by atoms with Crippen molar-refractivity contribution in [3.8, 4) is 22.4 Å². The number of rotatable bonds is 5. The fraction of sp³-hybridized carbons (Fsp3) is 0.211. The lowest BCUT2D eigenvalue weighted by molar-refractivity contribution is 0.0691. The number of morpholine rings is 1. The molecule has 2 aromatic carbocycles. The number of carboxylic acid groups (broad SMARTS) is 1. The highest BCUT2D eigenvalue weighted by Gasteiger charge is 2.26. The van der Waals surface area contributed by atoms with E-state index in [2.05, 4.69) is 15.4 Å². The third kappa shape index (κ3) is 3.77. The number of carbonyl (C=O) groups is 1. The molecule has 0 aliphatic carbocycles. The van der Waals surface area contributed by atoms with Crippen LogP contribution in [-0.4, -0.2) is 65.5 Å². The average Bonchev–Trinajstić information content (AvgIpc) is 3.25. The minimum Gasteiger partial charge on any atom is -0.476 e. The van der Waals surface area contributed by atoms with Crippen molar-refractivity contribution in [2.45, 2.75) is 4.90 Å². The molecule has 150 valence electrons. The smallest absolute Gasteiger partial charge is 0.356 e. The first-order valence-corrected chi connectivity index (χ1v) is 10.3. The van der Waals surface area contributed by atoms with Crippen molar-refractivity contribution in [2.24, 2.45) is 0 Å². The van der Waals surface area contributed by atoms with Crippen LogP contribution in [-0.2, 0) is 14.8 Å². The van der Waals surface area contributed by atoms with Gasteiger partial charge in [0, 0.05) is 18.7 Å². The Morgan fingerprint density at radius 1 is 0.966 bits per heavy atom. The topological polar surface area (TPSA) is 125 Å². The summed E-state index contributed by atoms with van der Waals surface area (Å²) in [4.78, 5) is 11.4. The van der Waals surface area contributed by atoms with Crippen LogP contribution in [0.4, 0.5) is 0 Å². The Hall–Kier alpha value is -3.08. The molecule has 3 aromatic rings. The molecule has 2 N–H and O–H groups in total. The summed E-state index contributed by atoms with van der Waals surface area (Å²) >= 11 is 0. The van der Waals surface area contributed by atoms with Crippen LogP contribution in [0.2, 0.25) is 0 Å². The van der Waals surface area contributed by atoms with Gasteiger partial charge in [0.15, 0.2) is 5.69 Å². The molecule has 10 heteroatoms. The van der Waals surface area contributed by atoms with Crippen molar-refractivity contribution in [1.29, 1.82) is 0 Å². The van der Waals surface area contributed by atoms with Crippen molar-refractivity contribution < 1.29 is 23.1 Å². The molecule has 0 amide bonds. The van der Waals surface area contributed by atoms with E-state index in [1.807, 2.05) is 12.1 Å². The molecule has 4 rings (SSSR count). The van der Waals surface area contributed by atoms with Crippen molar-refractivity contribution in [3.63, 3.8) is 0 Å². The zero-order valence-electron chi connectivity index (χ0n) is 15.3. The number of benzene rings is 2. The predicted molar refractivity (Wildman–Crippen MR) is 104 cm³/mol. The van der Waals surface area contributed by atoms with Crippen LogP contribution in [0.25, 0.3) is 22.4 Å². The van der Waals surface area contributed by atoms with E-state index in [0.717, 1.165) is 11.1 Å². The molecule has 1 aromatic heterocycles. The summed E-state index contributed by atoms with van der Waals surface area (Å²) < 4.78 is 32.1. The summed E-state index contributed by atoms with van der Waals surface area (Å²) in [6.45, 7) is 1.51. The predicted octanol–water partition coefficient (Wildman–Crippen LogP) is 1.86. The average molecular weight is 414 g/mol. The van der Waals surface area contributed by atoms with Gasteiger partial charge in [0.1, 0.15) is 5.69 Å². The van der Waals surface area contributed by atoms with E-state index in [1.165, 1.54) is 4.31 Å². The fourth-order valence-corrected chi connectivity index (χ4v) is 4.56. The molecule has 0 unspecified atom stereocenters. The maximum Gasteiger partial charge on any atom is 0.356 e. The van der Waals surface area contributed by atoms with Gasteiger partial charge in [0.25, 0.3) is 0 Å². The quantitative estimate of drug-likeness (QED) is 0.653. The Bertz CT molecular complexity index is 1120. The highest BCUT2D eigenvalue weighted by molar-refractivity contribution is 7.89. The van der Waals surface area contributed by atoms with Gasteiger partial charge in [-0.2, -0.15) is 4.31 Å². The van der Waals surface area contributed by atoms with Crippen molar-refractivity contribution >= 4 is 16.0 Å². The molecule has 1 saturated heterocycles. The van der Waals surface area contributed by atoms with E-state index >= 15 is 0 Å². The van der Waals surface area contributed by atoms with E-state index in [-0.39, 0.29) is 16.3 Å². The van der Waals surface area contributed by atoms with Crippen molar-refractivity contribution in [3.05, 3.63) is 54.2 Å². The second kappa shape index (κ2) is 7.74. The largest absolute Gasteiger partial charge is 0.476 e. The third-order valence-electron chi connectivity index (χ3n) is 4.72.